The maximum absolute atomic E-state index is 12.6. The van der Waals surface area contributed by atoms with Crippen molar-refractivity contribution in [2.45, 2.75) is 16.8 Å². The normalized spacial score (nSPS) is 11.1. The van der Waals surface area contributed by atoms with Gasteiger partial charge < -0.3 is 10.1 Å². The quantitative estimate of drug-likeness (QED) is 0.591. The van der Waals surface area contributed by atoms with Crippen molar-refractivity contribution in [3.05, 3.63) is 76.9 Å². The van der Waals surface area contributed by atoms with Crippen LogP contribution in [0.5, 0.6) is 5.75 Å². The number of pyridine rings is 1. The van der Waals surface area contributed by atoms with E-state index in [-0.39, 0.29) is 21.4 Å². The van der Waals surface area contributed by atoms with Gasteiger partial charge in [-0.1, -0.05) is 15.9 Å². The lowest BCUT2D eigenvalue weighted by atomic mass is 10.2. The second kappa shape index (κ2) is 8.53. The van der Waals surface area contributed by atoms with E-state index in [2.05, 4.69) is 26.2 Å². The second-order valence-corrected chi connectivity index (χ2v) is 8.57. The Kier molecular flexibility index (Phi) is 6.11. The average Bonchev–Trinajstić information content (AvgIpc) is 2.70. The molecule has 0 radical (unpaired) electrons. The summed E-state index contributed by atoms with van der Waals surface area (Å²) in [5, 5.41) is 2.62. The SMILES string of the molecule is CCOc1ccc(NC(=O)c2ccc(S(=O)(=O)c3ccc(Br)cc3)nc2)cc1. The fourth-order valence-corrected chi connectivity index (χ4v) is 3.85. The Labute approximate surface area is 171 Å². The van der Waals surface area contributed by atoms with Gasteiger partial charge in [0.1, 0.15) is 5.75 Å². The van der Waals surface area contributed by atoms with Gasteiger partial charge in [0.25, 0.3) is 5.91 Å². The van der Waals surface area contributed by atoms with Crippen LogP contribution >= 0.6 is 15.9 Å². The Bertz CT molecular complexity index is 1060. The molecule has 0 saturated heterocycles. The molecule has 1 amide bonds. The van der Waals surface area contributed by atoms with Crippen LogP contribution in [-0.4, -0.2) is 25.9 Å². The number of halogens is 1. The highest BCUT2D eigenvalue weighted by Gasteiger charge is 2.19. The zero-order valence-corrected chi connectivity index (χ0v) is 17.3. The molecule has 2 aromatic carbocycles. The van der Waals surface area contributed by atoms with Crippen LogP contribution in [0.1, 0.15) is 17.3 Å². The number of anilines is 1. The first-order valence-electron chi connectivity index (χ1n) is 8.41. The molecular formula is C20H17BrN2O4S. The standard InChI is InChI=1S/C20H17BrN2O4S/c1-2-27-17-8-6-16(7-9-17)23-20(24)14-3-12-19(22-13-14)28(25,26)18-10-4-15(21)5-11-18/h3-13H,2H2,1H3,(H,23,24). The maximum atomic E-state index is 12.6. The number of rotatable bonds is 6. The molecule has 1 N–H and O–H groups in total. The number of amides is 1. The molecule has 0 spiro atoms. The first kappa shape index (κ1) is 20.0. The lowest BCUT2D eigenvalue weighted by Gasteiger charge is -2.08. The minimum Gasteiger partial charge on any atom is -0.494 e. The number of hydrogen-bond donors (Lipinski definition) is 1. The third-order valence-electron chi connectivity index (χ3n) is 3.82. The van der Waals surface area contributed by atoms with Crippen LogP contribution < -0.4 is 10.1 Å². The van der Waals surface area contributed by atoms with Crippen molar-refractivity contribution in [3.8, 4) is 5.75 Å². The number of carbonyl (C=O) groups is 1. The largest absolute Gasteiger partial charge is 0.494 e. The average molecular weight is 461 g/mol. The van der Waals surface area contributed by atoms with Crippen molar-refractivity contribution in [3.63, 3.8) is 0 Å². The van der Waals surface area contributed by atoms with Crippen LogP contribution in [0.2, 0.25) is 0 Å². The third kappa shape index (κ3) is 4.58. The number of carbonyl (C=O) groups excluding carboxylic acids is 1. The fourth-order valence-electron chi connectivity index (χ4n) is 2.41. The van der Waals surface area contributed by atoms with Gasteiger partial charge in [-0.05, 0) is 67.6 Å². The molecule has 0 saturated carbocycles. The summed E-state index contributed by atoms with van der Waals surface area (Å²) in [4.78, 5) is 16.5. The van der Waals surface area contributed by atoms with E-state index >= 15 is 0 Å². The van der Waals surface area contributed by atoms with Gasteiger partial charge in [-0.2, -0.15) is 0 Å². The van der Waals surface area contributed by atoms with Crippen molar-refractivity contribution < 1.29 is 17.9 Å². The van der Waals surface area contributed by atoms with Gasteiger partial charge in [0.15, 0.2) is 5.03 Å². The van der Waals surface area contributed by atoms with Crippen LogP contribution in [0.3, 0.4) is 0 Å². The Hall–Kier alpha value is -2.71. The van der Waals surface area contributed by atoms with E-state index in [4.69, 9.17) is 4.74 Å². The first-order chi connectivity index (χ1) is 13.4. The number of ether oxygens (including phenoxy) is 1. The van der Waals surface area contributed by atoms with E-state index in [9.17, 15) is 13.2 Å². The third-order valence-corrected chi connectivity index (χ3v) is 6.03. The van der Waals surface area contributed by atoms with Gasteiger partial charge in [-0.15, -0.1) is 0 Å². The highest BCUT2D eigenvalue weighted by atomic mass is 79.9. The van der Waals surface area contributed by atoms with E-state index in [0.717, 1.165) is 4.47 Å². The topological polar surface area (TPSA) is 85.4 Å². The molecule has 8 heteroatoms. The monoisotopic (exact) mass is 460 g/mol. The summed E-state index contributed by atoms with van der Waals surface area (Å²) in [6.07, 6.45) is 1.25. The van der Waals surface area contributed by atoms with Crippen LogP contribution in [0.4, 0.5) is 5.69 Å². The highest BCUT2D eigenvalue weighted by molar-refractivity contribution is 9.10. The van der Waals surface area contributed by atoms with Crippen molar-refractivity contribution in [2.24, 2.45) is 0 Å². The first-order valence-corrected chi connectivity index (χ1v) is 10.7. The van der Waals surface area contributed by atoms with E-state index in [1.54, 1.807) is 36.4 Å². The Balaban J connectivity index is 1.74. The van der Waals surface area contributed by atoms with Crippen LogP contribution in [0.15, 0.2) is 81.3 Å². The molecule has 0 unspecified atom stereocenters. The zero-order chi connectivity index (χ0) is 20.1. The summed E-state index contributed by atoms with van der Waals surface area (Å²) in [6, 6.07) is 16.0. The number of hydrogen-bond acceptors (Lipinski definition) is 5. The van der Waals surface area contributed by atoms with Gasteiger partial charge in [0.05, 0.1) is 17.1 Å². The molecule has 6 nitrogen and oxygen atoms in total. The predicted octanol–water partition coefficient (Wildman–Crippen LogP) is 4.33. The molecule has 0 fully saturated rings. The van der Waals surface area contributed by atoms with E-state index in [1.165, 1.54) is 30.5 Å². The molecule has 0 aliphatic rings. The van der Waals surface area contributed by atoms with Crippen molar-refractivity contribution in [1.29, 1.82) is 0 Å². The maximum Gasteiger partial charge on any atom is 0.257 e. The van der Waals surface area contributed by atoms with E-state index in [0.29, 0.717) is 18.0 Å². The zero-order valence-electron chi connectivity index (χ0n) is 14.9. The van der Waals surface area contributed by atoms with Crippen LogP contribution in [0, 0.1) is 0 Å². The van der Waals surface area contributed by atoms with E-state index in [1.807, 2.05) is 6.92 Å². The fraction of sp³-hybridized carbons (Fsp3) is 0.100. The molecule has 1 aromatic heterocycles. The molecule has 0 aliphatic heterocycles. The number of aromatic nitrogens is 1. The molecule has 0 atom stereocenters. The molecule has 0 bridgehead atoms. The Morgan fingerprint density at radius 2 is 1.71 bits per heavy atom. The molecule has 3 aromatic rings. The number of nitrogens with zero attached hydrogens (tertiary/aromatic N) is 1. The molecule has 28 heavy (non-hydrogen) atoms. The van der Waals surface area contributed by atoms with E-state index < -0.39 is 9.84 Å². The van der Waals surface area contributed by atoms with Gasteiger partial charge in [-0.25, -0.2) is 13.4 Å². The lowest BCUT2D eigenvalue weighted by Crippen LogP contribution is -2.13. The summed E-state index contributed by atoms with van der Waals surface area (Å²) in [5.74, 6) is 0.328. The molecule has 3 rings (SSSR count). The lowest BCUT2D eigenvalue weighted by molar-refractivity contribution is 0.102. The van der Waals surface area contributed by atoms with Crippen molar-refractivity contribution in [2.75, 3.05) is 11.9 Å². The van der Waals surface area contributed by atoms with Gasteiger partial charge >= 0.3 is 0 Å². The second-order valence-electron chi connectivity index (χ2n) is 5.75. The molecule has 1 heterocycles. The number of sulfone groups is 1. The van der Waals surface area contributed by atoms with Gasteiger partial charge in [0.2, 0.25) is 9.84 Å². The molecular weight excluding hydrogens is 444 g/mol. The summed E-state index contributed by atoms with van der Waals surface area (Å²) in [5.41, 5.74) is 0.851. The Morgan fingerprint density at radius 1 is 1.04 bits per heavy atom. The number of benzene rings is 2. The summed E-state index contributed by atoms with van der Waals surface area (Å²) >= 11 is 3.27. The van der Waals surface area contributed by atoms with Gasteiger partial charge in [-0.3, -0.25) is 4.79 Å². The predicted molar refractivity (Wildman–Crippen MR) is 109 cm³/mol. The highest BCUT2D eigenvalue weighted by Crippen LogP contribution is 2.22. The van der Waals surface area contributed by atoms with Gasteiger partial charge in [0, 0.05) is 16.4 Å². The number of nitrogens with one attached hydrogen (secondary N) is 1. The minimum absolute atomic E-state index is 0.118. The van der Waals surface area contributed by atoms with Crippen LogP contribution in [-0.2, 0) is 9.84 Å². The molecule has 144 valence electrons. The van der Waals surface area contributed by atoms with Crippen molar-refractivity contribution in [1.82, 2.24) is 4.98 Å². The van der Waals surface area contributed by atoms with Crippen LogP contribution in [0.25, 0.3) is 0 Å². The smallest absolute Gasteiger partial charge is 0.257 e. The summed E-state index contributed by atoms with van der Waals surface area (Å²) in [6.45, 7) is 2.45. The summed E-state index contributed by atoms with van der Waals surface area (Å²) < 4.78 is 31.4. The Morgan fingerprint density at radius 3 is 2.29 bits per heavy atom. The minimum atomic E-state index is -3.74. The summed E-state index contributed by atoms with van der Waals surface area (Å²) in [7, 11) is -3.74. The molecule has 0 aliphatic carbocycles. The van der Waals surface area contributed by atoms with Crippen molar-refractivity contribution >= 4 is 37.4 Å².